The lowest BCUT2D eigenvalue weighted by atomic mass is 9.82. The number of aliphatic hydroxyl groups excluding tert-OH is 1. The number of ether oxygens (including phenoxy) is 7. The van der Waals surface area contributed by atoms with Gasteiger partial charge >= 0.3 is 27.6 Å². The standard InChI is InChI=1S/C40H63IO8S.C22H34F3IO7S.3CH4.H2O.H3P/c1-9-26(2)20-35-29(5)33(24-50(44,45)32-15-11-10-12-16-32)36(48-35)22-34(42)28(4)27(3)21-30-17-18-37-40(25-41,49-30)23-31(47-37)14-13-19-46-38(43)39(6,7)8;1-14(15(2)33-34(28,29)22(23,24)25)11-16-8-9-18-21(13-26,32-16)12-17(31-18)7-6-10-30-19(27)20(3,4)5;;;;;/h10-12,15-16,26-27,29-31,33-37,42H,4,9,13-14,17-25H2,1-3,5-8H3;14,16-18H,2,6-13H2,1,3-5H3;3*1H4;1H2;1H3/t26-,27-,29-,30?,31+,33-,34-,35?,36+,37+,40-;14-,16?,17+,18+,21-;;;;;/m11...../s1. The summed E-state index contributed by atoms with van der Waals surface area (Å²) in [6, 6.07) is 8.64. The van der Waals surface area contributed by atoms with Crippen molar-refractivity contribution in [1.29, 1.82) is 0 Å². The van der Waals surface area contributed by atoms with Crippen molar-refractivity contribution < 1.29 is 87.5 Å². The monoisotopic (exact) mass is 1560 g/mol. The number of hydrogen-bond donors (Lipinski definition) is 1. The maximum absolute atomic E-state index is 13.5. The Morgan fingerprint density at radius 1 is 0.708 bits per heavy atom. The van der Waals surface area contributed by atoms with Crippen LogP contribution >= 0.6 is 55.1 Å². The fourth-order valence-electron chi connectivity index (χ4n) is 12.0. The first-order chi connectivity index (χ1) is 39.0. The lowest BCUT2D eigenvalue weighted by Gasteiger charge is -2.42. The summed E-state index contributed by atoms with van der Waals surface area (Å²) in [5.41, 5.74) is -6.66. The number of aliphatic hydroxyl groups is 1. The van der Waals surface area contributed by atoms with E-state index < -0.39 is 59.7 Å². The van der Waals surface area contributed by atoms with E-state index in [1.165, 1.54) is 0 Å². The van der Waals surface area contributed by atoms with E-state index >= 15 is 0 Å². The Balaban J connectivity index is 0.00000176. The zero-order valence-electron chi connectivity index (χ0n) is 52.6. The maximum atomic E-state index is 13.5. The Kier molecular flexibility index (Phi) is 36.8. The van der Waals surface area contributed by atoms with Gasteiger partial charge in [-0.25, -0.2) is 8.42 Å². The van der Waals surface area contributed by atoms with Crippen LogP contribution in [0.3, 0.4) is 0 Å². The van der Waals surface area contributed by atoms with Crippen molar-refractivity contribution in [3.8, 4) is 0 Å². The first-order valence-electron chi connectivity index (χ1n) is 30.1. The predicted molar refractivity (Wildman–Crippen MR) is 369 cm³/mol. The summed E-state index contributed by atoms with van der Waals surface area (Å²) in [5.74, 6) is -1.24. The Bertz CT molecular complexity index is 2550. The van der Waals surface area contributed by atoms with Gasteiger partial charge in [0.15, 0.2) is 9.84 Å². The summed E-state index contributed by atoms with van der Waals surface area (Å²) in [6.07, 6.45) is 9.38. The van der Waals surface area contributed by atoms with Gasteiger partial charge in [0, 0.05) is 40.0 Å². The zero-order chi connectivity index (χ0) is 62.8. The van der Waals surface area contributed by atoms with Gasteiger partial charge in [0.25, 0.3) is 0 Å². The molecule has 6 rings (SSSR count). The minimum atomic E-state index is -5.74. The molecule has 5 saturated heterocycles. The van der Waals surface area contributed by atoms with Crippen LogP contribution in [-0.2, 0) is 66.9 Å². The molecule has 0 amide bonds. The second-order valence-corrected chi connectivity index (χ2v) is 31.7. The molecule has 1 aromatic carbocycles. The van der Waals surface area contributed by atoms with Gasteiger partial charge in [-0.2, -0.15) is 31.5 Å². The average molecular weight is 1560 g/mol. The van der Waals surface area contributed by atoms with Crippen molar-refractivity contribution in [2.75, 3.05) is 27.8 Å². The highest BCUT2D eigenvalue weighted by Gasteiger charge is 2.55. The van der Waals surface area contributed by atoms with Crippen LogP contribution in [-0.4, -0.2) is 139 Å². The van der Waals surface area contributed by atoms with Gasteiger partial charge < -0.3 is 47.9 Å². The fourth-order valence-corrected chi connectivity index (χ4v) is 16.3. The van der Waals surface area contributed by atoms with Crippen LogP contribution in [0, 0.1) is 40.4 Å². The predicted octanol–water partition coefficient (Wildman–Crippen LogP) is 14.5. The number of rotatable bonds is 27. The molecule has 17 atom stereocenters. The second kappa shape index (κ2) is 37.3. The van der Waals surface area contributed by atoms with Crippen molar-refractivity contribution in [3.63, 3.8) is 0 Å². The van der Waals surface area contributed by atoms with Crippen LogP contribution in [0.2, 0.25) is 0 Å². The number of sulfone groups is 1. The highest BCUT2D eigenvalue weighted by atomic mass is 127. The third-order valence-corrected chi connectivity index (χ3v) is 23.0. The van der Waals surface area contributed by atoms with Crippen LogP contribution in [0.1, 0.15) is 195 Å². The molecule has 0 radical (unpaired) electrons. The molecule has 5 aliphatic heterocycles. The molecule has 3 N–H and O–H groups in total. The van der Waals surface area contributed by atoms with E-state index in [9.17, 15) is 44.7 Å². The van der Waals surface area contributed by atoms with Crippen LogP contribution in [0.15, 0.2) is 59.7 Å². The Labute approximate surface area is 564 Å². The number of allylic oxidation sites excluding steroid dienone is 1. The minimum absolute atomic E-state index is 0. The summed E-state index contributed by atoms with van der Waals surface area (Å²) < 4.78 is 136. The van der Waals surface area contributed by atoms with E-state index in [0.717, 1.165) is 74.2 Å². The number of alkyl halides is 5. The van der Waals surface area contributed by atoms with Gasteiger partial charge in [-0.05, 0) is 148 Å². The van der Waals surface area contributed by atoms with Crippen LogP contribution in [0.4, 0.5) is 13.2 Å². The van der Waals surface area contributed by atoms with E-state index in [-0.39, 0.29) is 134 Å². The quantitative estimate of drug-likeness (QED) is 0.00994. The third kappa shape index (κ3) is 24.4. The number of carbonyl (C=O) groups is 2. The molecule has 0 aromatic heterocycles. The summed E-state index contributed by atoms with van der Waals surface area (Å²) in [5, 5.41) is 11.6. The van der Waals surface area contributed by atoms with Gasteiger partial charge in [0.2, 0.25) is 0 Å². The van der Waals surface area contributed by atoms with Gasteiger partial charge in [0.1, 0.15) is 17.0 Å². The smallest absolute Gasteiger partial charge is 0.465 e. The Morgan fingerprint density at radius 2 is 1.16 bits per heavy atom. The van der Waals surface area contributed by atoms with Crippen LogP contribution in [0.25, 0.3) is 0 Å². The second-order valence-electron chi connectivity index (χ2n) is 26.6. The molecular weight excluding hydrogens is 1440 g/mol. The molecule has 24 heteroatoms. The Hall–Kier alpha value is -1.26. The number of esters is 2. The van der Waals surface area contributed by atoms with Crippen molar-refractivity contribution in [2.45, 2.75) is 271 Å². The van der Waals surface area contributed by atoms with E-state index in [4.69, 9.17) is 33.2 Å². The highest BCUT2D eigenvalue weighted by molar-refractivity contribution is 14.1. The highest BCUT2D eigenvalue weighted by Crippen LogP contribution is 2.48. The first-order valence-corrected chi connectivity index (χ1v) is 36.2. The lowest BCUT2D eigenvalue weighted by Crippen LogP contribution is -2.50. The minimum Gasteiger partial charge on any atom is -0.465 e. The fraction of sp³-hybridized carbons (Fsp3) is 0.815. The van der Waals surface area contributed by atoms with E-state index in [2.05, 4.69) is 90.2 Å². The number of fused-ring (bicyclic) bond motifs is 2. The van der Waals surface area contributed by atoms with Crippen molar-refractivity contribution >= 4 is 87.0 Å². The molecule has 4 unspecified atom stereocenters. The number of hydrogen-bond acceptors (Lipinski definition) is 15. The van der Waals surface area contributed by atoms with Crippen molar-refractivity contribution in [1.82, 2.24) is 0 Å². The lowest BCUT2D eigenvalue weighted by molar-refractivity contribution is -0.156. The molecule has 89 heavy (non-hydrogen) atoms. The molecule has 0 aliphatic carbocycles. The Morgan fingerprint density at radius 3 is 1.57 bits per heavy atom. The van der Waals surface area contributed by atoms with E-state index in [0.29, 0.717) is 54.1 Å². The third-order valence-electron chi connectivity index (χ3n) is 17.6. The maximum Gasteiger partial charge on any atom is 0.534 e. The molecule has 0 bridgehead atoms. The van der Waals surface area contributed by atoms with Gasteiger partial charge in [-0.15, -0.1) is 0 Å². The van der Waals surface area contributed by atoms with Gasteiger partial charge in [-0.1, -0.05) is 140 Å². The van der Waals surface area contributed by atoms with Crippen molar-refractivity contribution in [3.05, 3.63) is 54.8 Å². The molecule has 0 saturated carbocycles. The van der Waals surface area contributed by atoms with Crippen LogP contribution < -0.4 is 0 Å². The summed E-state index contributed by atoms with van der Waals surface area (Å²) >= 11 is 4.67. The molecule has 5 heterocycles. The molecule has 522 valence electrons. The van der Waals surface area contributed by atoms with Crippen LogP contribution in [0.5, 0.6) is 0 Å². The zero-order valence-corrected chi connectivity index (χ0v) is 60.0. The summed E-state index contributed by atoms with van der Waals surface area (Å²) in [4.78, 5) is 24.3. The largest absolute Gasteiger partial charge is 0.534 e. The molecule has 5 fully saturated rings. The van der Waals surface area contributed by atoms with Crippen molar-refractivity contribution in [2.24, 2.45) is 40.4 Å². The topological polar surface area (TPSA) is 228 Å². The molecule has 5 aliphatic rings. The summed E-state index contributed by atoms with van der Waals surface area (Å²) in [7, 11) is -9.26. The molecule has 1 aromatic rings. The molecule has 16 nitrogen and oxygen atoms in total. The SMILES string of the molecule is C.C.C.C=C(OS(=O)(=O)C(F)(F)F)[C@H](C)CC1CC[C@@H]2O[C@@H](CCCOC(=O)C(C)(C)C)C[C@]2(CI)O1.C=C([C@H](C)CC1CC[C@@H]2O[C@@H](CCCOC(=O)C(C)(C)C)C[C@]2(CI)O1)[C@H](O)C[C@@H]1OC(C[C@H](C)CC)[C@H](C)[C@H]1CS(=O)(=O)c1ccccc1.O.P. The normalized spacial score (nSPS) is 28.9. The molecular formula is C65H114F3I2O16PS2. The van der Waals surface area contributed by atoms with E-state index in [1.807, 2.05) is 26.8 Å². The summed E-state index contributed by atoms with van der Waals surface area (Å²) in [6.45, 7) is 29.6. The van der Waals surface area contributed by atoms with E-state index in [1.54, 1.807) is 52.0 Å². The van der Waals surface area contributed by atoms with Gasteiger partial charge in [-0.3, -0.25) is 9.59 Å². The molecule has 0 spiro atoms. The number of halogens is 5. The first kappa shape index (κ1) is 87.7. The van der Waals surface area contributed by atoms with Gasteiger partial charge in [0.05, 0.1) is 89.6 Å². The number of benzene rings is 1. The number of carbonyl (C=O) groups excluding carboxylic acids is 2. The average Bonchev–Trinajstić information content (AvgIpc) is 1.92.